The molecule has 2 heterocycles. The number of nitrogens with zero attached hydrogens (tertiary/aromatic N) is 4. The van der Waals surface area contributed by atoms with E-state index in [-0.39, 0.29) is 0 Å². The summed E-state index contributed by atoms with van der Waals surface area (Å²) in [6.45, 7) is 3.06. The van der Waals surface area contributed by atoms with Crippen molar-refractivity contribution in [2.24, 2.45) is 11.8 Å². The Morgan fingerprint density at radius 2 is 1.82 bits per heavy atom. The molecular weight excluding hydrogens is 350 g/mol. The van der Waals surface area contributed by atoms with Gasteiger partial charge in [-0.2, -0.15) is 4.98 Å². The van der Waals surface area contributed by atoms with Crippen LogP contribution in [0.1, 0.15) is 45.4 Å². The Kier molecular flexibility index (Phi) is 5.64. The zero-order valence-electron chi connectivity index (χ0n) is 17.2. The number of nitrogens with one attached hydrogen (secondary N) is 1. The van der Waals surface area contributed by atoms with Crippen LogP contribution < -0.4 is 15.0 Å². The molecule has 2 fully saturated rings. The maximum atomic E-state index is 6.11. The van der Waals surface area contributed by atoms with E-state index in [1.54, 1.807) is 0 Å². The molecule has 2 saturated carbocycles. The number of anilines is 2. The lowest BCUT2D eigenvalue weighted by molar-refractivity contribution is 0.289. The number of ether oxygens (including phenoxy) is 1. The van der Waals surface area contributed by atoms with Crippen LogP contribution in [0.4, 0.5) is 11.8 Å². The van der Waals surface area contributed by atoms with Crippen molar-refractivity contribution in [1.29, 1.82) is 0 Å². The van der Waals surface area contributed by atoms with Crippen LogP contribution in [0.5, 0.6) is 5.88 Å². The van der Waals surface area contributed by atoms with Gasteiger partial charge in [0.2, 0.25) is 11.8 Å². The average Bonchev–Trinajstić information content (AvgIpc) is 3.53. The lowest BCUT2D eigenvalue weighted by atomic mass is 9.87. The van der Waals surface area contributed by atoms with Gasteiger partial charge in [-0.15, -0.1) is 0 Å². The highest BCUT2D eigenvalue weighted by Gasteiger charge is 2.24. The van der Waals surface area contributed by atoms with Crippen molar-refractivity contribution < 1.29 is 4.74 Å². The molecule has 0 saturated heterocycles. The third-order valence-electron chi connectivity index (χ3n) is 5.77. The quantitative estimate of drug-likeness (QED) is 0.768. The van der Waals surface area contributed by atoms with Crippen LogP contribution in [0.15, 0.2) is 24.5 Å². The second-order valence-corrected chi connectivity index (χ2v) is 8.57. The first-order valence-electron chi connectivity index (χ1n) is 10.5. The monoisotopic (exact) mass is 381 g/mol. The van der Waals surface area contributed by atoms with Crippen molar-refractivity contribution in [3.8, 4) is 17.0 Å². The Hall–Kier alpha value is -2.37. The fourth-order valence-electron chi connectivity index (χ4n) is 3.62. The Balaban J connectivity index is 1.54. The topological polar surface area (TPSA) is 63.2 Å². The number of rotatable bonds is 7. The van der Waals surface area contributed by atoms with Gasteiger partial charge in [0.05, 0.1) is 12.2 Å². The first kappa shape index (κ1) is 19.0. The smallest absolute Gasteiger partial charge is 0.226 e. The summed E-state index contributed by atoms with van der Waals surface area (Å²) < 4.78 is 6.11. The first-order valence-corrected chi connectivity index (χ1v) is 10.5. The zero-order chi connectivity index (χ0) is 19.5. The van der Waals surface area contributed by atoms with Gasteiger partial charge in [-0.05, 0) is 62.5 Å². The van der Waals surface area contributed by atoms with Gasteiger partial charge in [-0.25, -0.2) is 9.97 Å². The number of aromatic nitrogens is 3. The Morgan fingerprint density at radius 3 is 2.46 bits per heavy atom. The molecule has 0 aliphatic heterocycles. The summed E-state index contributed by atoms with van der Waals surface area (Å²) in [7, 11) is 3.98. The molecule has 0 unspecified atom stereocenters. The van der Waals surface area contributed by atoms with Crippen LogP contribution in [0, 0.1) is 11.8 Å². The minimum atomic E-state index is 0.458. The van der Waals surface area contributed by atoms with E-state index < -0.39 is 0 Å². The molecule has 1 N–H and O–H groups in total. The van der Waals surface area contributed by atoms with Crippen molar-refractivity contribution in [2.75, 3.05) is 30.9 Å². The van der Waals surface area contributed by atoms with E-state index in [2.05, 4.69) is 28.3 Å². The molecule has 2 aromatic rings. The minimum absolute atomic E-state index is 0.458. The van der Waals surface area contributed by atoms with E-state index in [0.717, 1.165) is 29.5 Å². The van der Waals surface area contributed by atoms with Gasteiger partial charge in [0.1, 0.15) is 5.82 Å². The highest BCUT2D eigenvalue weighted by atomic mass is 16.5. The maximum Gasteiger partial charge on any atom is 0.226 e. The lowest BCUT2D eigenvalue weighted by Gasteiger charge is -2.27. The second-order valence-electron chi connectivity index (χ2n) is 8.57. The predicted molar refractivity (Wildman–Crippen MR) is 113 cm³/mol. The van der Waals surface area contributed by atoms with Crippen molar-refractivity contribution >= 4 is 11.8 Å². The van der Waals surface area contributed by atoms with Crippen LogP contribution in [0.3, 0.4) is 0 Å². The summed E-state index contributed by atoms with van der Waals surface area (Å²) in [5.41, 5.74) is 1.88. The van der Waals surface area contributed by atoms with Crippen LogP contribution in [-0.2, 0) is 0 Å². The Labute approximate surface area is 167 Å². The number of hydrogen-bond donors (Lipinski definition) is 1. The third-order valence-corrected chi connectivity index (χ3v) is 5.77. The molecule has 2 aliphatic rings. The molecule has 28 heavy (non-hydrogen) atoms. The summed E-state index contributed by atoms with van der Waals surface area (Å²) in [6.07, 6.45) is 11.1. The Bertz CT molecular complexity index is 780. The van der Waals surface area contributed by atoms with Gasteiger partial charge < -0.3 is 15.0 Å². The summed E-state index contributed by atoms with van der Waals surface area (Å²) in [6, 6.07) is 4.52. The van der Waals surface area contributed by atoms with Crippen LogP contribution in [-0.4, -0.2) is 41.7 Å². The van der Waals surface area contributed by atoms with Gasteiger partial charge in [0.15, 0.2) is 0 Å². The highest BCUT2D eigenvalue weighted by molar-refractivity contribution is 5.68. The SMILES string of the molecule is CC1CCC(Nc2ncc(-c3ccc(N(C)C)nc3)c(OCC3CC3)n2)CC1. The minimum Gasteiger partial charge on any atom is -0.477 e. The number of hydrogen-bond acceptors (Lipinski definition) is 6. The van der Waals surface area contributed by atoms with Crippen molar-refractivity contribution in [3.63, 3.8) is 0 Å². The summed E-state index contributed by atoms with van der Waals surface area (Å²) in [5.74, 6) is 3.76. The average molecular weight is 382 g/mol. The van der Waals surface area contributed by atoms with E-state index in [9.17, 15) is 0 Å². The molecular formula is C22H31N5O. The normalized spacial score (nSPS) is 22.0. The molecule has 0 amide bonds. The van der Waals surface area contributed by atoms with Gasteiger partial charge in [-0.3, -0.25) is 0 Å². The molecule has 2 aromatic heterocycles. The molecule has 0 spiro atoms. The number of pyridine rings is 1. The highest BCUT2D eigenvalue weighted by Crippen LogP contribution is 2.33. The molecule has 6 nitrogen and oxygen atoms in total. The molecule has 0 bridgehead atoms. The van der Waals surface area contributed by atoms with E-state index in [0.29, 0.717) is 23.8 Å². The summed E-state index contributed by atoms with van der Waals surface area (Å²) in [4.78, 5) is 15.8. The van der Waals surface area contributed by atoms with Gasteiger partial charge in [0.25, 0.3) is 0 Å². The van der Waals surface area contributed by atoms with E-state index in [4.69, 9.17) is 9.72 Å². The van der Waals surface area contributed by atoms with Crippen molar-refractivity contribution in [3.05, 3.63) is 24.5 Å². The summed E-state index contributed by atoms with van der Waals surface area (Å²) >= 11 is 0. The molecule has 6 heteroatoms. The molecule has 4 rings (SSSR count). The molecule has 0 atom stereocenters. The maximum absolute atomic E-state index is 6.11. The van der Waals surface area contributed by atoms with Crippen molar-refractivity contribution in [1.82, 2.24) is 15.0 Å². The van der Waals surface area contributed by atoms with Crippen molar-refractivity contribution in [2.45, 2.75) is 51.5 Å². The van der Waals surface area contributed by atoms with E-state index in [1.165, 1.54) is 38.5 Å². The summed E-state index contributed by atoms with van der Waals surface area (Å²) in [5, 5.41) is 3.52. The van der Waals surface area contributed by atoms with E-state index >= 15 is 0 Å². The van der Waals surface area contributed by atoms with Crippen LogP contribution in [0.25, 0.3) is 11.1 Å². The molecule has 0 radical (unpaired) electrons. The van der Waals surface area contributed by atoms with Gasteiger partial charge >= 0.3 is 0 Å². The molecule has 150 valence electrons. The standard InChI is InChI=1S/C22H31N5O/c1-15-4-9-18(10-5-15)25-22-24-13-19(21(26-22)28-14-16-6-7-16)17-8-11-20(23-12-17)27(2)3/h8,11-13,15-16,18H,4-7,9-10,14H2,1-3H3,(H,24,25,26). The van der Waals surface area contributed by atoms with Crippen LogP contribution >= 0.6 is 0 Å². The zero-order valence-corrected chi connectivity index (χ0v) is 17.2. The predicted octanol–water partition coefficient (Wildman–Crippen LogP) is 4.38. The largest absolute Gasteiger partial charge is 0.477 e. The van der Waals surface area contributed by atoms with Crippen LogP contribution in [0.2, 0.25) is 0 Å². The van der Waals surface area contributed by atoms with Gasteiger partial charge in [-0.1, -0.05) is 6.92 Å². The Morgan fingerprint density at radius 1 is 1.04 bits per heavy atom. The molecule has 2 aliphatic carbocycles. The fourth-order valence-corrected chi connectivity index (χ4v) is 3.62. The fraction of sp³-hybridized carbons (Fsp3) is 0.591. The first-order chi connectivity index (χ1) is 13.6. The van der Waals surface area contributed by atoms with Gasteiger partial charge in [0, 0.05) is 38.1 Å². The lowest BCUT2D eigenvalue weighted by Crippen LogP contribution is -2.26. The second kappa shape index (κ2) is 8.33. The van der Waals surface area contributed by atoms with E-state index in [1.807, 2.05) is 37.5 Å². The third kappa shape index (κ3) is 4.72. The molecule has 0 aromatic carbocycles.